The lowest BCUT2D eigenvalue weighted by molar-refractivity contribution is -0.142. The topological polar surface area (TPSA) is 67.9 Å². The number of piperidine rings is 1. The van der Waals surface area contributed by atoms with Crippen molar-refractivity contribution < 1.29 is 19.1 Å². The number of ether oxygens (including phenoxy) is 2. The molecule has 2 fully saturated rings. The molecule has 0 spiro atoms. The molecule has 2 heterocycles. The van der Waals surface area contributed by atoms with Crippen LogP contribution in [0.5, 0.6) is 5.75 Å². The van der Waals surface area contributed by atoms with Crippen LogP contribution in [0.25, 0.3) is 0 Å². The van der Waals surface area contributed by atoms with E-state index in [0.717, 1.165) is 48.1 Å². The number of hydrogen-bond acceptors (Lipinski definition) is 4. The summed E-state index contributed by atoms with van der Waals surface area (Å²) in [6.07, 6.45) is 3.07. The van der Waals surface area contributed by atoms with Gasteiger partial charge in [-0.05, 0) is 63.1 Å². The molecule has 0 saturated carbocycles. The molecule has 1 aromatic rings. The van der Waals surface area contributed by atoms with Crippen molar-refractivity contribution in [1.82, 2.24) is 10.2 Å². The van der Waals surface area contributed by atoms with Gasteiger partial charge in [-0.15, -0.1) is 0 Å². The fourth-order valence-corrected chi connectivity index (χ4v) is 3.77. The largest absolute Gasteiger partial charge is 0.483 e. The summed E-state index contributed by atoms with van der Waals surface area (Å²) in [4.78, 5) is 26.5. The van der Waals surface area contributed by atoms with E-state index in [1.165, 1.54) is 0 Å². The highest BCUT2D eigenvalue weighted by Crippen LogP contribution is 2.25. The summed E-state index contributed by atoms with van der Waals surface area (Å²) in [5.74, 6) is 0.785. The van der Waals surface area contributed by atoms with E-state index in [9.17, 15) is 9.59 Å². The first kappa shape index (κ1) is 19.7. The molecule has 6 heteroatoms. The summed E-state index contributed by atoms with van der Waals surface area (Å²) in [7, 11) is 0. The smallest absolute Gasteiger partial charge is 0.258 e. The fraction of sp³-hybridized carbons (Fsp3) is 0.619. The predicted molar refractivity (Wildman–Crippen MR) is 103 cm³/mol. The van der Waals surface area contributed by atoms with Crippen molar-refractivity contribution in [3.8, 4) is 5.75 Å². The monoisotopic (exact) mass is 374 g/mol. The average molecular weight is 374 g/mol. The van der Waals surface area contributed by atoms with Crippen LogP contribution in [0.3, 0.4) is 0 Å². The van der Waals surface area contributed by atoms with Crippen molar-refractivity contribution in [2.75, 3.05) is 26.3 Å². The summed E-state index contributed by atoms with van der Waals surface area (Å²) in [5, 5.41) is 3.04. The second-order valence-corrected chi connectivity index (χ2v) is 7.61. The van der Waals surface area contributed by atoms with E-state index in [0.29, 0.717) is 19.7 Å². The van der Waals surface area contributed by atoms with Gasteiger partial charge in [0.15, 0.2) is 6.61 Å². The Balaban J connectivity index is 1.43. The maximum absolute atomic E-state index is 12.4. The molecule has 148 valence electrons. The minimum atomic E-state index is -0.259. The standard InChI is InChI=1S/C21H30N2O4/c1-14-6-7-15(2)20(16(14)3)27-13-19(24)22-17-8-10-23(11-9-17)21(25)18-5-4-12-26-18/h6-7,17-18H,4-5,8-13H2,1-3H3,(H,22,24). The van der Waals surface area contributed by atoms with Crippen molar-refractivity contribution >= 4 is 11.8 Å². The lowest BCUT2D eigenvalue weighted by Crippen LogP contribution is -2.49. The summed E-state index contributed by atoms with van der Waals surface area (Å²) in [6.45, 7) is 8.06. The molecule has 2 aliphatic rings. The molecule has 2 saturated heterocycles. The van der Waals surface area contributed by atoms with Gasteiger partial charge in [0.05, 0.1) is 0 Å². The average Bonchev–Trinajstić information content (AvgIpc) is 3.20. The van der Waals surface area contributed by atoms with E-state index in [1.807, 2.05) is 31.7 Å². The van der Waals surface area contributed by atoms with Gasteiger partial charge in [0.1, 0.15) is 11.9 Å². The minimum absolute atomic E-state index is 0.0141. The highest BCUT2D eigenvalue weighted by molar-refractivity contribution is 5.81. The van der Waals surface area contributed by atoms with Crippen molar-refractivity contribution in [2.45, 2.75) is 58.6 Å². The summed E-state index contributed by atoms with van der Waals surface area (Å²) >= 11 is 0. The molecule has 2 amide bonds. The molecule has 2 aliphatic heterocycles. The highest BCUT2D eigenvalue weighted by atomic mass is 16.5. The second-order valence-electron chi connectivity index (χ2n) is 7.61. The Morgan fingerprint density at radius 1 is 1.15 bits per heavy atom. The lowest BCUT2D eigenvalue weighted by atomic mass is 10.0. The van der Waals surface area contributed by atoms with Crippen LogP contribution >= 0.6 is 0 Å². The molecular formula is C21H30N2O4. The number of benzene rings is 1. The molecule has 0 bridgehead atoms. The molecule has 1 N–H and O–H groups in total. The number of rotatable bonds is 5. The molecule has 1 unspecified atom stereocenters. The number of nitrogens with one attached hydrogen (secondary N) is 1. The lowest BCUT2D eigenvalue weighted by Gasteiger charge is -2.33. The highest BCUT2D eigenvalue weighted by Gasteiger charge is 2.31. The third-order valence-electron chi connectivity index (χ3n) is 5.60. The Morgan fingerprint density at radius 3 is 2.52 bits per heavy atom. The van der Waals surface area contributed by atoms with Crippen LogP contribution in [-0.2, 0) is 14.3 Å². The zero-order valence-corrected chi connectivity index (χ0v) is 16.5. The van der Waals surface area contributed by atoms with E-state index in [1.54, 1.807) is 0 Å². The first-order valence-corrected chi connectivity index (χ1v) is 9.85. The van der Waals surface area contributed by atoms with Gasteiger partial charge in [0.2, 0.25) is 0 Å². The van der Waals surface area contributed by atoms with Crippen LogP contribution in [-0.4, -0.2) is 55.2 Å². The van der Waals surface area contributed by atoms with Crippen LogP contribution < -0.4 is 10.1 Å². The maximum Gasteiger partial charge on any atom is 0.258 e. The van der Waals surface area contributed by atoms with Crippen LogP contribution in [0.4, 0.5) is 0 Å². The van der Waals surface area contributed by atoms with Gasteiger partial charge in [-0.25, -0.2) is 0 Å². The van der Waals surface area contributed by atoms with Crippen molar-refractivity contribution in [2.24, 2.45) is 0 Å². The molecular weight excluding hydrogens is 344 g/mol. The van der Waals surface area contributed by atoms with E-state index >= 15 is 0 Å². The Kier molecular flexibility index (Phi) is 6.37. The molecule has 3 rings (SSSR count). The predicted octanol–water partition coefficient (Wildman–Crippen LogP) is 2.28. The molecule has 0 aliphatic carbocycles. The molecule has 0 radical (unpaired) electrons. The van der Waals surface area contributed by atoms with Gasteiger partial charge in [0, 0.05) is 25.7 Å². The second kappa shape index (κ2) is 8.74. The molecule has 27 heavy (non-hydrogen) atoms. The van der Waals surface area contributed by atoms with E-state index in [4.69, 9.17) is 9.47 Å². The number of aryl methyl sites for hydroxylation is 2. The number of carbonyl (C=O) groups excluding carboxylic acids is 2. The summed E-state index contributed by atoms with van der Waals surface area (Å²) in [6, 6.07) is 4.16. The number of carbonyl (C=O) groups is 2. The van der Waals surface area contributed by atoms with Gasteiger partial charge < -0.3 is 19.7 Å². The first-order chi connectivity index (χ1) is 13.0. The molecule has 0 aromatic heterocycles. The Labute approximate surface area is 161 Å². The van der Waals surface area contributed by atoms with Crippen LogP contribution in [0.1, 0.15) is 42.4 Å². The third kappa shape index (κ3) is 4.80. The third-order valence-corrected chi connectivity index (χ3v) is 5.60. The summed E-state index contributed by atoms with van der Waals surface area (Å²) < 4.78 is 11.3. The number of amides is 2. The molecule has 1 atom stereocenters. The van der Waals surface area contributed by atoms with Crippen LogP contribution in [0.2, 0.25) is 0 Å². The fourth-order valence-electron chi connectivity index (χ4n) is 3.77. The quantitative estimate of drug-likeness (QED) is 0.859. The minimum Gasteiger partial charge on any atom is -0.483 e. The number of hydrogen-bond donors (Lipinski definition) is 1. The van der Waals surface area contributed by atoms with Gasteiger partial charge >= 0.3 is 0 Å². The summed E-state index contributed by atoms with van der Waals surface area (Å²) in [5.41, 5.74) is 3.26. The van der Waals surface area contributed by atoms with Gasteiger partial charge in [-0.3, -0.25) is 9.59 Å². The van der Waals surface area contributed by atoms with Gasteiger partial charge in [0.25, 0.3) is 11.8 Å². The van der Waals surface area contributed by atoms with E-state index in [2.05, 4.69) is 11.4 Å². The van der Waals surface area contributed by atoms with Crippen molar-refractivity contribution in [3.63, 3.8) is 0 Å². The van der Waals surface area contributed by atoms with Crippen molar-refractivity contribution in [1.29, 1.82) is 0 Å². The maximum atomic E-state index is 12.4. The number of likely N-dealkylation sites (tertiary alicyclic amines) is 1. The van der Waals surface area contributed by atoms with Crippen molar-refractivity contribution in [3.05, 3.63) is 28.8 Å². The Bertz CT molecular complexity index is 690. The zero-order chi connectivity index (χ0) is 19.4. The molecule has 6 nitrogen and oxygen atoms in total. The molecule has 1 aromatic carbocycles. The van der Waals surface area contributed by atoms with Gasteiger partial charge in [-0.1, -0.05) is 12.1 Å². The SMILES string of the molecule is Cc1ccc(C)c(OCC(=O)NC2CCN(C(=O)C3CCCO3)CC2)c1C. The van der Waals surface area contributed by atoms with Crippen LogP contribution in [0, 0.1) is 20.8 Å². The van der Waals surface area contributed by atoms with E-state index in [-0.39, 0.29) is 30.6 Å². The Hall–Kier alpha value is -2.08. The first-order valence-electron chi connectivity index (χ1n) is 9.85. The van der Waals surface area contributed by atoms with Crippen LogP contribution in [0.15, 0.2) is 12.1 Å². The van der Waals surface area contributed by atoms with Gasteiger partial charge in [-0.2, -0.15) is 0 Å². The number of nitrogens with zero attached hydrogens (tertiary/aromatic N) is 1. The van der Waals surface area contributed by atoms with E-state index < -0.39 is 0 Å². The zero-order valence-electron chi connectivity index (χ0n) is 16.5. The normalized spacial score (nSPS) is 20.6. The Morgan fingerprint density at radius 2 is 1.85 bits per heavy atom.